The SMILES string of the molecule is CCCNC(CS(=O)CC1CCCC1)C(C)CC. The normalized spacial score (nSPS) is 21.9. The summed E-state index contributed by atoms with van der Waals surface area (Å²) in [5, 5.41) is 3.58. The Balaban J connectivity index is 2.35. The van der Waals surface area contributed by atoms with Gasteiger partial charge in [-0.1, -0.05) is 40.0 Å². The summed E-state index contributed by atoms with van der Waals surface area (Å²) in [5.74, 6) is 3.17. The van der Waals surface area contributed by atoms with E-state index in [2.05, 4.69) is 26.1 Å². The maximum Gasteiger partial charge on any atom is 0.0391 e. The molecule has 0 bridgehead atoms. The molecule has 3 unspecified atom stereocenters. The van der Waals surface area contributed by atoms with Gasteiger partial charge in [-0.05, 0) is 37.6 Å². The molecule has 1 fully saturated rings. The van der Waals surface area contributed by atoms with Gasteiger partial charge in [-0.2, -0.15) is 0 Å². The molecule has 0 aromatic rings. The van der Waals surface area contributed by atoms with E-state index in [-0.39, 0.29) is 0 Å². The van der Waals surface area contributed by atoms with Crippen LogP contribution in [0.4, 0.5) is 0 Å². The van der Waals surface area contributed by atoms with E-state index >= 15 is 0 Å². The van der Waals surface area contributed by atoms with Gasteiger partial charge < -0.3 is 5.32 Å². The van der Waals surface area contributed by atoms with Gasteiger partial charge in [0.15, 0.2) is 0 Å². The number of nitrogens with one attached hydrogen (secondary N) is 1. The molecule has 1 saturated carbocycles. The second-order valence-electron chi connectivity index (χ2n) is 5.87. The quantitative estimate of drug-likeness (QED) is 0.698. The van der Waals surface area contributed by atoms with Crippen LogP contribution in [0.3, 0.4) is 0 Å². The predicted octanol–water partition coefficient (Wildman–Crippen LogP) is 3.34. The van der Waals surface area contributed by atoms with Crippen LogP contribution in [0, 0.1) is 11.8 Å². The van der Waals surface area contributed by atoms with Crippen LogP contribution in [-0.4, -0.2) is 28.3 Å². The molecule has 0 heterocycles. The molecule has 0 aromatic heterocycles. The summed E-state index contributed by atoms with van der Waals surface area (Å²) in [6.45, 7) is 7.75. The third-order valence-corrected chi connectivity index (χ3v) is 5.82. The van der Waals surface area contributed by atoms with Crippen LogP contribution >= 0.6 is 0 Å². The minimum absolute atomic E-state index is 0.442. The zero-order valence-corrected chi connectivity index (χ0v) is 13.2. The molecule has 1 N–H and O–H groups in total. The van der Waals surface area contributed by atoms with Crippen LogP contribution in [-0.2, 0) is 10.8 Å². The van der Waals surface area contributed by atoms with Crippen molar-refractivity contribution in [1.82, 2.24) is 5.32 Å². The molecule has 0 radical (unpaired) electrons. The van der Waals surface area contributed by atoms with E-state index in [4.69, 9.17) is 0 Å². The highest BCUT2D eigenvalue weighted by atomic mass is 32.2. The summed E-state index contributed by atoms with van der Waals surface area (Å²) in [4.78, 5) is 0. The lowest BCUT2D eigenvalue weighted by atomic mass is 10.0. The molecule has 0 aromatic carbocycles. The molecule has 2 nitrogen and oxygen atoms in total. The molecule has 0 spiro atoms. The van der Waals surface area contributed by atoms with Crippen molar-refractivity contribution in [2.75, 3.05) is 18.1 Å². The fraction of sp³-hybridized carbons (Fsp3) is 1.00. The summed E-state index contributed by atoms with van der Waals surface area (Å²) in [7, 11) is -0.628. The van der Waals surface area contributed by atoms with E-state index < -0.39 is 10.8 Å². The summed E-state index contributed by atoms with van der Waals surface area (Å²) >= 11 is 0. The highest BCUT2D eigenvalue weighted by molar-refractivity contribution is 7.85. The van der Waals surface area contributed by atoms with Crippen molar-refractivity contribution < 1.29 is 4.21 Å². The monoisotopic (exact) mass is 273 g/mol. The Morgan fingerprint density at radius 3 is 2.50 bits per heavy atom. The zero-order valence-electron chi connectivity index (χ0n) is 12.4. The van der Waals surface area contributed by atoms with Gasteiger partial charge in [0.25, 0.3) is 0 Å². The Morgan fingerprint density at radius 2 is 1.94 bits per heavy atom. The highest BCUT2D eigenvalue weighted by Crippen LogP contribution is 2.25. The Kier molecular flexibility index (Phi) is 8.16. The third kappa shape index (κ3) is 5.83. The van der Waals surface area contributed by atoms with E-state index in [1.165, 1.54) is 32.1 Å². The van der Waals surface area contributed by atoms with E-state index in [0.29, 0.717) is 12.0 Å². The van der Waals surface area contributed by atoms with Crippen molar-refractivity contribution in [2.24, 2.45) is 11.8 Å². The number of rotatable bonds is 9. The van der Waals surface area contributed by atoms with Gasteiger partial charge in [0.2, 0.25) is 0 Å². The first-order chi connectivity index (χ1) is 8.67. The second-order valence-corrected chi connectivity index (χ2v) is 7.42. The molecule has 3 heteroatoms. The topological polar surface area (TPSA) is 29.1 Å². The van der Waals surface area contributed by atoms with Crippen molar-refractivity contribution in [3.05, 3.63) is 0 Å². The average molecular weight is 273 g/mol. The van der Waals surface area contributed by atoms with Crippen LogP contribution in [0.5, 0.6) is 0 Å². The van der Waals surface area contributed by atoms with Crippen molar-refractivity contribution in [3.8, 4) is 0 Å². The minimum atomic E-state index is -0.628. The summed E-state index contributed by atoms with van der Waals surface area (Å²) in [6, 6.07) is 0.442. The average Bonchev–Trinajstić information content (AvgIpc) is 2.86. The van der Waals surface area contributed by atoms with Gasteiger partial charge in [0.05, 0.1) is 0 Å². The van der Waals surface area contributed by atoms with Crippen molar-refractivity contribution in [3.63, 3.8) is 0 Å². The van der Waals surface area contributed by atoms with Crippen LogP contribution in [0.1, 0.15) is 59.3 Å². The molecular formula is C15H31NOS. The molecule has 0 saturated heterocycles. The second kappa shape index (κ2) is 9.08. The number of hydrogen-bond acceptors (Lipinski definition) is 2. The van der Waals surface area contributed by atoms with Gasteiger partial charge in [-0.25, -0.2) is 0 Å². The highest BCUT2D eigenvalue weighted by Gasteiger charge is 2.22. The van der Waals surface area contributed by atoms with Crippen molar-refractivity contribution in [1.29, 1.82) is 0 Å². The molecular weight excluding hydrogens is 242 g/mol. The zero-order chi connectivity index (χ0) is 13.4. The van der Waals surface area contributed by atoms with E-state index in [1.807, 2.05) is 0 Å². The largest absolute Gasteiger partial charge is 0.313 e. The first-order valence-corrected chi connectivity index (χ1v) is 9.24. The van der Waals surface area contributed by atoms with Gasteiger partial charge in [0.1, 0.15) is 0 Å². The maximum absolute atomic E-state index is 12.3. The Bertz CT molecular complexity index is 239. The Labute approximate surface area is 116 Å². The minimum Gasteiger partial charge on any atom is -0.313 e. The molecule has 108 valence electrons. The van der Waals surface area contributed by atoms with Gasteiger partial charge in [0, 0.05) is 28.3 Å². The number of hydrogen-bond donors (Lipinski definition) is 1. The van der Waals surface area contributed by atoms with Gasteiger partial charge >= 0.3 is 0 Å². The molecule has 1 aliphatic carbocycles. The van der Waals surface area contributed by atoms with Crippen molar-refractivity contribution >= 4 is 10.8 Å². The molecule has 3 atom stereocenters. The lowest BCUT2D eigenvalue weighted by Gasteiger charge is -2.24. The van der Waals surface area contributed by atoms with Crippen LogP contribution in [0.15, 0.2) is 0 Å². The maximum atomic E-state index is 12.3. The predicted molar refractivity (Wildman–Crippen MR) is 81.4 cm³/mol. The molecule has 0 aliphatic heterocycles. The Hall–Kier alpha value is 0.110. The standard InChI is InChI=1S/C15H31NOS/c1-4-10-16-15(13(3)5-2)12-18(17)11-14-8-6-7-9-14/h13-16H,4-12H2,1-3H3. The molecule has 0 amide bonds. The van der Waals surface area contributed by atoms with Crippen LogP contribution < -0.4 is 5.32 Å². The van der Waals surface area contributed by atoms with Crippen LogP contribution in [0.25, 0.3) is 0 Å². The van der Waals surface area contributed by atoms with Crippen molar-refractivity contribution in [2.45, 2.75) is 65.3 Å². The fourth-order valence-electron chi connectivity index (χ4n) is 2.75. The first-order valence-electron chi connectivity index (χ1n) is 7.75. The summed E-state index contributed by atoms with van der Waals surface area (Å²) in [6.07, 6.45) is 7.64. The third-order valence-electron chi connectivity index (χ3n) is 4.25. The lowest BCUT2D eigenvalue weighted by molar-refractivity contribution is 0.394. The first kappa shape index (κ1) is 16.2. The van der Waals surface area contributed by atoms with E-state index in [1.54, 1.807) is 0 Å². The Morgan fingerprint density at radius 1 is 1.28 bits per heavy atom. The van der Waals surface area contributed by atoms with E-state index in [0.717, 1.165) is 30.4 Å². The van der Waals surface area contributed by atoms with Crippen LogP contribution in [0.2, 0.25) is 0 Å². The lowest BCUT2D eigenvalue weighted by Crippen LogP contribution is -2.40. The summed E-state index contributed by atoms with van der Waals surface area (Å²) in [5.41, 5.74) is 0. The van der Waals surface area contributed by atoms with Gasteiger partial charge in [-0.3, -0.25) is 4.21 Å². The molecule has 1 aliphatic rings. The molecule has 1 rings (SSSR count). The molecule has 18 heavy (non-hydrogen) atoms. The summed E-state index contributed by atoms with van der Waals surface area (Å²) < 4.78 is 12.3. The smallest absolute Gasteiger partial charge is 0.0391 e. The fourth-order valence-corrected chi connectivity index (χ4v) is 4.59. The van der Waals surface area contributed by atoms with E-state index in [9.17, 15) is 4.21 Å². The van der Waals surface area contributed by atoms with Gasteiger partial charge in [-0.15, -0.1) is 0 Å².